The molecule has 1 N–H and O–H groups in total. The fraction of sp³-hybridized carbons (Fsp3) is 0.263. The lowest BCUT2D eigenvalue weighted by Gasteiger charge is -2.11. The maximum absolute atomic E-state index is 12.5. The minimum atomic E-state index is -0.478. The van der Waals surface area contributed by atoms with Crippen molar-refractivity contribution in [1.29, 1.82) is 0 Å². The number of anilines is 1. The Hall–Kier alpha value is -2.94. The van der Waals surface area contributed by atoms with Crippen LogP contribution in [0.2, 0.25) is 0 Å². The average Bonchev–Trinajstić information content (AvgIpc) is 3.27. The molecular weight excluding hydrogens is 426 g/mol. The molecule has 0 saturated heterocycles. The van der Waals surface area contributed by atoms with E-state index in [1.54, 1.807) is 47.0 Å². The van der Waals surface area contributed by atoms with E-state index in [0.29, 0.717) is 17.8 Å². The van der Waals surface area contributed by atoms with E-state index in [0.717, 1.165) is 15.7 Å². The summed E-state index contributed by atoms with van der Waals surface area (Å²) in [6, 6.07) is 6.69. The van der Waals surface area contributed by atoms with Gasteiger partial charge in [-0.2, -0.15) is 10.2 Å². The summed E-state index contributed by atoms with van der Waals surface area (Å²) in [5.74, 6) is -0.602. The molecular formula is C19H20BrN5O3. The molecule has 2 heterocycles. The first-order valence-corrected chi connectivity index (χ1v) is 9.39. The molecule has 0 saturated carbocycles. The molecule has 9 heteroatoms. The summed E-state index contributed by atoms with van der Waals surface area (Å²) in [5.41, 5.74) is 2.65. The van der Waals surface area contributed by atoms with Gasteiger partial charge in [-0.25, -0.2) is 4.79 Å². The molecule has 0 spiro atoms. The summed E-state index contributed by atoms with van der Waals surface area (Å²) >= 11 is 3.39. The van der Waals surface area contributed by atoms with E-state index in [-0.39, 0.29) is 5.91 Å². The Morgan fingerprint density at radius 3 is 2.71 bits per heavy atom. The summed E-state index contributed by atoms with van der Waals surface area (Å²) in [6.07, 6.45) is 5.05. The Bertz CT molecular complexity index is 991. The van der Waals surface area contributed by atoms with Gasteiger partial charge in [0.15, 0.2) is 0 Å². The number of hydrogen-bond acceptors (Lipinski definition) is 5. The second kappa shape index (κ2) is 8.39. The molecule has 0 aliphatic rings. The quantitative estimate of drug-likeness (QED) is 0.588. The number of ether oxygens (including phenoxy) is 1. The molecule has 1 unspecified atom stereocenters. The minimum Gasteiger partial charge on any atom is -0.465 e. The third-order valence-corrected chi connectivity index (χ3v) is 5.07. The van der Waals surface area contributed by atoms with Crippen molar-refractivity contribution in [3.05, 3.63) is 64.1 Å². The van der Waals surface area contributed by atoms with Gasteiger partial charge >= 0.3 is 5.97 Å². The first-order valence-electron chi connectivity index (χ1n) is 8.60. The summed E-state index contributed by atoms with van der Waals surface area (Å²) in [6.45, 7) is 4.01. The lowest BCUT2D eigenvalue weighted by molar-refractivity contribution is -0.119. The zero-order valence-electron chi connectivity index (χ0n) is 15.7. The van der Waals surface area contributed by atoms with Gasteiger partial charge in [0.1, 0.15) is 6.04 Å². The molecule has 146 valence electrons. The van der Waals surface area contributed by atoms with Gasteiger partial charge in [-0.05, 0) is 41.4 Å². The van der Waals surface area contributed by atoms with Gasteiger partial charge in [-0.15, -0.1) is 0 Å². The number of carbonyl (C=O) groups is 2. The van der Waals surface area contributed by atoms with Crippen LogP contribution in [0.5, 0.6) is 0 Å². The number of aromatic nitrogens is 4. The Kier molecular flexibility index (Phi) is 5.93. The smallest absolute Gasteiger partial charge is 0.338 e. The number of nitrogens with one attached hydrogen (secondary N) is 1. The normalized spacial score (nSPS) is 11.9. The van der Waals surface area contributed by atoms with Crippen LogP contribution in [0.3, 0.4) is 0 Å². The van der Waals surface area contributed by atoms with Gasteiger partial charge in [0, 0.05) is 12.4 Å². The van der Waals surface area contributed by atoms with Crippen LogP contribution >= 0.6 is 15.9 Å². The molecule has 0 radical (unpaired) electrons. The molecule has 8 nitrogen and oxygen atoms in total. The second-order valence-electron chi connectivity index (χ2n) is 6.28. The number of nitrogens with zero attached hydrogens (tertiary/aromatic N) is 4. The van der Waals surface area contributed by atoms with E-state index in [2.05, 4.69) is 31.4 Å². The predicted octanol–water partition coefficient (Wildman–Crippen LogP) is 3.19. The van der Waals surface area contributed by atoms with Gasteiger partial charge in [0.25, 0.3) is 0 Å². The van der Waals surface area contributed by atoms with Gasteiger partial charge in [-0.1, -0.05) is 18.2 Å². The van der Waals surface area contributed by atoms with Crippen molar-refractivity contribution in [3.63, 3.8) is 0 Å². The highest BCUT2D eigenvalue weighted by Gasteiger charge is 2.18. The number of amides is 1. The van der Waals surface area contributed by atoms with Crippen molar-refractivity contribution in [2.75, 3.05) is 12.4 Å². The van der Waals surface area contributed by atoms with Crippen molar-refractivity contribution in [2.24, 2.45) is 0 Å². The maximum Gasteiger partial charge on any atom is 0.338 e. The van der Waals surface area contributed by atoms with Gasteiger partial charge < -0.3 is 10.1 Å². The lowest BCUT2D eigenvalue weighted by atomic mass is 10.1. The molecule has 1 atom stereocenters. The standard InChI is InChI=1S/C19H20BrN5O3/c1-12-17(20)11-25(23-12)13(2)18(26)22-15-8-21-24(10-15)9-14-6-4-5-7-16(14)19(27)28-3/h4-8,10-11,13H,9H2,1-3H3,(H,22,26). The van der Waals surface area contributed by atoms with Crippen LogP contribution in [0, 0.1) is 6.92 Å². The maximum atomic E-state index is 12.5. The summed E-state index contributed by atoms with van der Waals surface area (Å²) < 4.78 is 8.92. The van der Waals surface area contributed by atoms with E-state index < -0.39 is 12.0 Å². The van der Waals surface area contributed by atoms with E-state index >= 15 is 0 Å². The van der Waals surface area contributed by atoms with Crippen molar-refractivity contribution < 1.29 is 14.3 Å². The topological polar surface area (TPSA) is 91.0 Å². The van der Waals surface area contributed by atoms with Gasteiger partial charge in [0.05, 0.1) is 41.3 Å². The van der Waals surface area contributed by atoms with Gasteiger partial charge in [-0.3, -0.25) is 14.2 Å². The fourth-order valence-corrected chi connectivity index (χ4v) is 2.97. The number of halogens is 1. The van der Waals surface area contributed by atoms with Crippen molar-refractivity contribution >= 4 is 33.5 Å². The van der Waals surface area contributed by atoms with E-state index in [1.807, 2.05) is 19.1 Å². The minimum absolute atomic E-state index is 0.204. The molecule has 1 amide bonds. The third-order valence-electron chi connectivity index (χ3n) is 4.29. The zero-order valence-corrected chi connectivity index (χ0v) is 17.3. The molecule has 0 bridgehead atoms. The average molecular weight is 446 g/mol. The monoisotopic (exact) mass is 445 g/mol. The number of esters is 1. The Balaban J connectivity index is 1.69. The van der Waals surface area contributed by atoms with Crippen molar-refractivity contribution in [2.45, 2.75) is 26.4 Å². The number of rotatable bonds is 6. The highest BCUT2D eigenvalue weighted by Crippen LogP contribution is 2.18. The van der Waals surface area contributed by atoms with Crippen LogP contribution in [-0.2, 0) is 16.1 Å². The number of carbonyl (C=O) groups excluding carboxylic acids is 2. The van der Waals surface area contributed by atoms with Crippen molar-refractivity contribution in [3.8, 4) is 0 Å². The van der Waals surface area contributed by atoms with Crippen LogP contribution in [0.25, 0.3) is 0 Å². The second-order valence-corrected chi connectivity index (χ2v) is 7.14. The largest absolute Gasteiger partial charge is 0.465 e. The molecule has 3 aromatic rings. The SMILES string of the molecule is COC(=O)c1ccccc1Cn1cc(NC(=O)C(C)n2cc(Br)c(C)n2)cn1. The molecule has 3 rings (SSSR count). The number of aryl methyl sites for hydroxylation is 1. The number of hydrogen-bond donors (Lipinski definition) is 1. The number of benzene rings is 1. The lowest BCUT2D eigenvalue weighted by Crippen LogP contribution is -2.24. The van der Waals surface area contributed by atoms with Crippen LogP contribution in [0.15, 0.2) is 47.3 Å². The molecule has 0 aliphatic carbocycles. The van der Waals surface area contributed by atoms with E-state index in [9.17, 15) is 9.59 Å². The highest BCUT2D eigenvalue weighted by atomic mass is 79.9. The molecule has 0 fully saturated rings. The highest BCUT2D eigenvalue weighted by molar-refractivity contribution is 9.10. The van der Waals surface area contributed by atoms with Crippen LogP contribution in [0.4, 0.5) is 5.69 Å². The van der Waals surface area contributed by atoms with E-state index in [4.69, 9.17) is 4.74 Å². The molecule has 2 aromatic heterocycles. The zero-order chi connectivity index (χ0) is 20.3. The molecule has 1 aromatic carbocycles. The van der Waals surface area contributed by atoms with Crippen LogP contribution < -0.4 is 5.32 Å². The van der Waals surface area contributed by atoms with Crippen LogP contribution in [-0.4, -0.2) is 38.5 Å². The first kappa shape index (κ1) is 19.8. The van der Waals surface area contributed by atoms with E-state index in [1.165, 1.54) is 7.11 Å². The molecule has 28 heavy (non-hydrogen) atoms. The first-order chi connectivity index (χ1) is 13.4. The third kappa shape index (κ3) is 4.30. The Morgan fingerprint density at radius 2 is 2.04 bits per heavy atom. The van der Waals surface area contributed by atoms with Crippen molar-refractivity contribution in [1.82, 2.24) is 19.6 Å². The fourth-order valence-electron chi connectivity index (χ4n) is 2.68. The number of methoxy groups -OCH3 is 1. The Morgan fingerprint density at radius 1 is 1.29 bits per heavy atom. The summed E-state index contributed by atoms with van der Waals surface area (Å²) in [4.78, 5) is 24.4. The van der Waals surface area contributed by atoms with Crippen LogP contribution in [0.1, 0.15) is 34.6 Å². The Labute approximate surface area is 170 Å². The van der Waals surface area contributed by atoms with Gasteiger partial charge in [0.2, 0.25) is 5.91 Å². The predicted molar refractivity (Wildman–Crippen MR) is 107 cm³/mol. The summed E-state index contributed by atoms with van der Waals surface area (Å²) in [5, 5.41) is 11.4. The summed E-state index contributed by atoms with van der Waals surface area (Å²) in [7, 11) is 1.35. The molecule has 0 aliphatic heterocycles.